The Hall–Kier alpha value is -2.93. The number of carbonyl (C=O) groups excluding carboxylic acids is 2. The average Bonchev–Trinajstić information content (AvgIpc) is 2.91. The van der Waals surface area contributed by atoms with Gasteiger partial charge in [-0.3, -0.25) is 24.6 Å². The molecular weight excluding hydrogens is 364 g/mol. The molecule has 0 aromatic heterocycles. The third-order valence-corrected chi connectivity index (χ3v) is 5.20. The summed E-state index contributed by atoms with van der Waals surface area (Å²) in [6, 6.07) is 14.6. The molecule has 0 unspecified atom stereocenters. The molecule has 2 aromatic carbocycles. The molecule has 0 N–H and O–H groups in total. The maximum atomic E-state index is 12.5. The number of nitro benzene ring substituents is 1. The number of nitro groups is 1. The highest BCUT2D eigenvalue weighted by Crippen LogP contribution is 2.33. The maximum absolute atomic E-state index is 12.5. The number of benzene rings is 2. The van der Waals surface area contributed by atoms with Gasteiger partial charge in [0.1, 0.15) is 0 Å². The lowest BCUT2D eigenvalue weighted by molar-refractivity contribution is -0.385. The van der Waals surface area contributed by atoms with Crippen molar-refractivity contribution in [3.63, 3.8) is 0 Å². The molecule has 1 heterocycles. The van der Waals surface area contributed by atoms with Crippen LogP contribution in [0.3, 0.4) is 0 Å². The van der Waals surface area contributed by atoms with E-state index in [9.17, 15) is 19.7 Å². The molecule has 1 saturated heterocycles. The second-order valence-electron chi connectivity index (χ2n) is 6.23. The molecule has 6 nitrogen and oxygen atoms in total. The molecule has 0 radical (unpaired) electrons. The Labute approximate surface area is 161 Å². The molecule has 1 aliphatic heterocycles. The highest BCUT2D eigenvalue weighted by atomic mass is 32.2. The molecule has 2 amide bonds. The van der Waals surface area contributed by atoms with Gasteiger partial charge in [0, 0.05) is 18.2 Å². The van der Waals surface area contributed by atoms with Crippen LogP contribution in [0.25, 0.3) is 6.08 Å². The predicted octanol–water partition coefficient (Wildman–Crippen LogP) is 4.57. The van der Waals surface area contributed by atoms with Crippen LogP contribution in [0.1, 0.15) is 23.1 Å². The zero-order chi connectivity index (χ0) is 19.4. The van der Waals surface area contributed by atoms with Crippen LogP contribution in [0.15, 0.2) is 53.4 Å². The first-order chi connectivity index (χ1) is 13.0. The summed E-state index contributed by atoms with van der Waals surface area (Å²) in [5.41, 5.74) is 2.23. The van der Waals surface area contributed by atoms with Gasteiger partial charge in [0.2, 0.25) is 0 Å². The number of carbonyl (C=O) groups is 2. The Morgan fingerprint density at radius 3 is 2.59 bits per heavy atom. The Bertz CT molecular complexity index is 925. The van der Waals surface area contributed by atoms with E-state index in [1.54, 1.807) is 19.1 Å². The smallest absolute Gasteiger partial charge is 0.268 e. The number of hydrogen-bond donors (Lipinski definition) is 0. The lowest BCUT2D eigenvalue weighted by Gasteiger charge is -2.12. The van der Waals surface area contributed by atoms with Gasteiger partial charge in [0.25, 0.3) is 16.8 Å². The van der Waals surface area contributed by atoms with Crippen molar-refractivity contribution in [1.82, 2.24) is 4.90 Å². The topological polar surface area (TPSA) is 80.5 Å². The average molecular weight is 382 g/mol. The summed E-state index contributed by atoms with van der Waals surface area (Å²) < 4.78 is 0. The van der Waals surface area contributed by atoms with E-state index < -0.39 is 4.92 Å². The summed E-state index contributed by atoms with van der Waals surface area (Å²) in [5, 5.41) is 10.8. The van der Waals surface area contributed by atoms with E-state index in [2.05, 4.69) is 0 Å². The van der Waals surface area contributed by atoms with Crippen LogP contribution in [-0.2, 0) is 11.2 Å². The molecule has 27 heavy (non-hydrogen) atoms. The first kappa shape index (κ1) is 18.8. The minimum Gasteiger partial charge on any atom is -0.268 e. The summed E-state index contributed by atoms with van der Waals surface area (Å²) in [6.07, 6.45) is 3.01. The number of hydrogen-bond acceptors (Lipinski definition) is 5. The summed E-state index contributed by atoms with van der Waals surface area (Å²) >= 11 is 0.870. The largest absolute Gasteiger partial charge is 0.293 e. The molecular formula is C20H18N2O4S. The van der Waals surface area contributed by atoms with Crippen molar-refractivity contribution in [1.29, 1.82) is 0 Å². The summed E-state index contributed by atoms with van der Waals surface area (Å²) in [5.74, 6) is -0.346. The summed E-state index contributed by atoms with van der Waals surface area (Å²) in [4.78, 5) is 36.8. The SMILES string of the molecule is Cc1ccc(/C=C2/SC(=O)N(CCCc3ccccc3)C2=O)cc1[N+](=O)[O-]. The normalized spacial score (nSPS) is 15.6. The first-order valence-corrected chi connectivity index (χ1v) is 9.31. The van der Waals surface area contributed by atoms with E-state index >= 15 is 0 Å². The van der Waals surface area contributed by atoms with E-state index in [-0.39, 0.29) is 21.7 Å². The second kappa shape index (κ2) is 8.18. The van der Waals surface area contributed by atoms with Crippen LogP contribution in [0, 0.1) is 17.0 Å². The maximum Gasteiger partial charge on any atom is 0.293 e. The number of amides is 2. The van der Waals surface area contributed by atoms with Crippen molar-refractivity contribution in [2.45, 2.75) is 19.8 Å². The molecule has 0 aliphatic carbocycles. The molecule has 7 heteroatoms. The second-order valence-corrected chi connectivity index (χ2v) is 7.22. The first-order valence-electron chi connectivity index (χ1n) is 8.50. The summed E-state index contributed by atoms with van der Waals surface area (Å²) in [7, 11) is 0. The number of nitrogens with zero attached hydrogens (tertiary/aromatic N) is 2. The van der Waals surface area contributed by atoms with Crippen molar-refractivity contribution in [3.8, 4) is 0 Å². The van der Waals surface area contributed by atoms with Crippen molar-refractivity contribution >= 4 is 34.7 Å². The Morgan fingerprint density at radius 1 is 1.15 bits per heavy atom. The number of imide groups is 1. The van der Waals surface area contributed by atoms with Gasteiger partial charge >= 0.3 is 0 Å². The Kier molecular flexibility index (Phi) is 5.71. The monoisotopic (exact) mass is 382 g/mol. The van der Waals surface area contributed by atoms with Gasteiger partial charge in [0.05, 0.1) is 9.83 Å². The molecule has 0 spiro atoms. The lowest BCUT2D eigenvalue weighted by atomic mass is 10.1. The van der Waals surface area contributed by atoms with Crippen LogP contribution in [0.2, 0.25) is 0 Å². The van der Waals surface area contributed by atoms with Crippen LogP contribution in [-0.4, -0.2) is 27.5 Å². The Morgan fingerprint density at radius 2 is 1.89 bits per heavy atom. The fourth-order valence-corrected chi connectivity index (χ4v) is 3.71. The molecule has 1 fully saturated rings. The van der Waals surface area contributed by atoms with Gasteiger partial charge in [-0.15, -0.1) is 0 Å². The fourth-order valence-electron chi connectivity index (χ4n) is 2.84. The molecule has 0 atom stereocenters. The fraction of sp³-hybridized carbons (Fsp3) is 0.200. The van der Waals surface area contributed by atoms with Crippen molar-refractivity contribution < 1.29 is 14.5 Å². The van der Waals surface area contributed by atoms with E-state index in [4.69, 9.17) is 0 Å². The predicted molar refractivity (Wildman–Crippen MR) is 105 cm³/mol. The standard InChI is InChI=1S/C20H18N2O4S/c1-14-9-10-16(12-17(14)22(25)26)13-18-19(23)21(20(24)27-18)11-5-8-15-6-3-2-4-7-15/h2-4,6-7,9-10,12-13H,5,8,11H2,1H3/b18-13+. The van der Waals surface area contributed by atoms with E-state index in [0.29, 0.717) is 24.1 Å². The highest BCUT2D eigenvalue weighted by Gasteiger charge is 2.34. The van der Waals surface area contributed by atoms with Crippen LogP contribution in [0.5, 0.6) is 0 Å². The van der Waals surface area contributed by atoms with Gasteiger partial charge in [0.15, 0.2) is 0 Å². The minimum absolute atomic E-state index is 0.00848. The zero-order valence-electron chi connectivity index (χ0n) is 14.8. The number of aryl methyl sites for hydroxylation is 2. The molecule has 1 aliphatic rings. The molecule has 3 rings (SSSR count). The van der Waals surface area contributed by atoms with Crippen LogP contribution >= 0.6 is 11.8 Å². The number of thioether (sulfide) groups is 1. The lowest BCUT2D eigenvalue weighted by Crippen LogP contribution is -2.29. The van der Waals surface area contributed by atoms with E-state index in [1.807, 2.05) is 30.3 Å². The molecule has 138 valence electrons. The Balaban J connectivity index is 1.69. The highest BCUT2D eigenvalue weighted by molar-refractivity contribution is 8.18. The van der Waals surface area contributed by atoms with Gasteiger partial charge in [-0.25, -0.2) is 0 Å². The third-order valence-electron chi connectivity index (χ3n) is 4.29. The van der Waals surface area contributed by atoms with Crippen LogP contribution in [0.4, 0.5) is 10.5 Å². The zero-order valence-corrected chi connectivity index (χ0v) is 15.6. The molecule has 0 saturated carbocycles. The van der Waals surface area contributed by atoms with Gasteiger partial charge in [-0.2, -0.15) is 0 Å². The van der Waals surface area contributed by atoms with Gasteiger partial charge in [-0.1, -0.05) is 42.5 Å². The molecule has 2 aromatic rings. The van der Waals surface area contributed by atoms with Crippen molar-refractivity contribution in [2.24, 2.45) is 0 Å². The van der Waals surface area contributed by atoms with Crippen LogP contribution < -0.4 is 0 Å². The van der Waals surface area contributed by atoms with Gasteiger partial charge < -0.3 is 0 Å². The van der Waals surface area contributed by atoms with Crippen molar-refractivity contribution in [3.05, 3.63) is 80.2 Å². The van der Waals surface area contributed by atoms with E-state index in [1.165, 1.54) is 17.0 Å². The van der Waals surface area contributed by atoms with Gasteiger partial charge in [-0.05, 0) is 48.7 Å². The third kappa shape index (κ3) is 4.43. The van der Waals surface area contributed by atoms with E-state index in [0.717, 1.165) is 23.7 Å². The quantitative estimate of drug-likeness (QED) is 0.415. The number of rotatable bonds is 6. The van der Waals surface area contributed by atoms with Crippen molar-refractivity contribution in [2.75, 3.05) is 6.54 Å². The molecule has 0 bridgehead atoms. The summed E-state index contributed by atoms with van der Waals surface area (Å²) in [6.45, 7) is 2.01. The minimum atomic E-state index is -0.456.